The SMILES string of the molecule is CN(CCc1ccc(F)c(Cl)c1)CC(=O)CC#N. The number of carbonyl (C=O) groups is 1. The van der Waals surface area contributed by atoms with E-state index in [1.54, 1.807) is 19.2 Å². The Hall–Kier alpha value is -1.44. The summed E-state index contributed by atoms with van der Waals surface area (Å²) in [5, 5.41) is 8.48. The van der Waals surface area contributed by atoms with Crippen LogP contribution in [-0.2, 0) is 11.2 Å². The molecule has 0 amide bonds. The van der Waals surface area contributed by atoms with Crippen molar-refractivity contribution in [3.05, 3.63) is 34.6 Å². The average molecular weight is 269 g/mol. The molecule has 1 aromatic rings. The van der Waals surface area contributed by atoms with E-state index in [0.717, 1.165) is 5.56 Å². The van der Waals surface area contributed by atoms with Crippen LogP contribution >= 0.6 is 11.6 Å². The molecule has 0 spiro atoms. The van der Waals surface area contributed by atoms with Crippen LogP contribution in [0.5, 0.6) is 0 Å². The first-order valence-corrected chi connectivity index (χ1v) is 5.92. The molecular formula is C13H14ClFN2O. The summed E-state index contributed by atoms with van der Waals surface area (Å²) in [6.45, 7) is 0.904. The maximum absolute atomic E-state index is 12.9. The summed E-state index contributed by atoms with van der Waals surface area (Å²) in [4.78, 5) is 13.1. The Balaban J connectivity index is 2.42. The van der Waals surface area contributed by atoms with Crippen molar-refractivity contribution in [3.8, 4) is 6.07 Å². The summed E-state index contributed by atoms with van der Waals surface area (Å²) < 4.78 is 12.9. The van der Waals surface area contributed by atoms with E-state index in [0.29, 0.717) is 13.0 Å². The van der Waals surface area contributed by atoms with Gasteiger partial charge in [0.05, 0.1) is 24.1 Å². The van der Waals surface area contributed by atoms with Crippen molar-refractivity contribution < 1.29 is 9.18 Å². The zero-order valence-corrected chi connectivity index (χ0v) is 10.9. The molecule has 18 heavy (non-hydrogen) atoms. The zero-order valence-electron chi connectivity index (χ0n) is 10.1. The minimum Gasteiger partial charge on any atom is -0.299 e. The number of hydrogen-bond donors (Lipinski definition) is 0. The predicted octanol–water partition coefficient (Wildman–Crippen LogP) is 2.44. The van der Waals surface area contributed by atoms with Crippen LogP contribution in [0, 0.1) is 17.1 Å². The van der Waals surface area contributed by atoms with Crippen molar-refractivity contribution in [1.82, 2.24) is 4.90 Å². The summed E-state index contributed by atoms with van der Waals surface area (Å²) in [6, 6.07) is 6.41. The molecule has 0 atom stereocenters. The molecule has 0 saturated heterocycles. The molecule has 0 unspecified atom stereocenters. The van der Waals surface area contributed by atoms with Gasteiger partial charge < -0.3 is 0 Å². The molecule has 0 heterocycles. The van der Waals surface area contributed by atoms with Gasteiger partial charge in [0.2, 0.25) is 0 Å². The van der Waals surface area contributed by atoms with Crippen LogP contribution < -0.4 is 0 Å². The summed E-state index contributed by atoms with van der Waals surface area (Å²) in [5.74, 6) is -0.532. The minimum absolute atomic E-state index is 0.0628. The molecule has 0 aromatic heterocycles. The van der Waals surface area contributed by atoms with Gasteiger partial charge in [0.1, 0.15) is 5.82 Å². The second kappa shape index (κ2) is 7.10. The third-order valence-electron chi connectivity index (χ3n) is 2.49. The lowest BCUT2D eigenvalue weighted by Gasteiger charge is -2.14. The number of rotatable bonds is 6. The molecular weight excluding hydrogens is 255 g/mol. The fourth-order valence-corrected chi connectivity index (χ4v) is 1.74. The van der Waals surface area contributed by atoms with Crippen LogP contribution in [0.15, 0.2) is 18.2 Å². The van der Waals surface area contributed by atoms with Gasteiger partial charge in [0.15, 0.2) is 5.78 Å². The Labute approximate surface area is 111 Å². The number of ketones is 1. The Bertz CT molecular complexity index is 471. The van der Waals surface area contributed by atoms with Gasteiger partial charge >= 0.3 is 0 Å². The van der Waals surface area contributed by atoms with Gasteiger partial charge in [0, 0.05) is 6.54 Å². The molecule has 5 heteroatoms. The number of Topliss-reactive ketones (excluding diaryl/α,β-unsaturated/α-hetero) is 1. The third-order valence-corrected chi connectivity index (χ3v) is 2.78. The highest BCUT2D eigenvalue weighted by atomic mass is 35.5. The molecule has 96 valence electrons. The molecule has 0 aliphatic heterocycles. The first-order valence-electron chi connectivity index (χ1n) is 5.54. The molecule has 0 fully saturated rings. The summed E-state index contributed by atoms with van der Waals surface area (Å²) in [7, 11) is 1.81. The molecule has 0 bridgehead atoms. The topological polar surface area (TPSA) is 44.1 Å². The van der Waals surface area contributed by atoms with Crippen molar-refractivity contribution in [1.29, 1.82) is 5.26 Å². The van der Waals surface area contributed by atoms with E-state index in [1.807, 2.05) is 11.0 Å². The van der Waals surface area contributed by atoms with Gasteiger partial charge in [-0.25, -0.2) is 4.39 Å². The van der Waals surface area contributed by atoms with Gasteiger partial charge in [-0.3, -0.25) is 9.69 Å². The van der Waals surface area contributed by atoms with Crippen LogP contribution in [0.1, 0.15) is 12.0 Å². The Kier molecular flexibility index (Phi) is 5.76. The second-order valence-corrected chi connectivity index (χ2v) is 4.52. The fourth-order valence-electron chi connectivity index (χ4n) is 1.54. The number of nitrogens with zero attached hydrogens (tertiary/aromatic N) is 2. The number of benzene rings is 1. The third kappa shape index (κ3) is 4.82. The number of hydrogen-bond acceptors (Lipinski definition) is 3. The van der Waals surface area contributed by atoms with Crippen LogP contribution in [0.4, 0.5) is 4.39 Å². The highest BCUT2D eigenvalue weighted by molar-refractivity contribution is 6.30. The van der Waals surface area contributed by atoms with Crippen LogP contribution in [0.3, 0.4) is 0 Å². The number of halogens is 2. The highest BCUT2D eigenvalue weighted by Gasteiger charge is 2.07. The molecule has 0 N–H and O–H groups in total. The van der Waals surface area contributed by atoms with E-state index < -0.39 is 5.82 Å². The number of likely N-dealkylation sites (N-methyl/N-ethyl adjacent to an activating group) is 1. The van der Waals surface area contributed by atoms with E-state index in [-0.39, 0.29) is 23.8 Å². The standard InChI is InChI=1S/C13H14ClFN2O/c1-17(9-11(18)4-6-16)7-5-10-2-3-13(15)12(14)8-10/h2-3,8H,4-5,7,9H2,1H3. The highest BCUT2D eigenvalue weighted by Crippen LogP contribution is 2.16. The van der Waals surface area contributed by atoms with Gasteiger partial charge in [-0.2, -0.15) is 5.26 Å². The zero-order chi connectivity index (χ0) is 13.5. The Morgan fingerprint density at radius 3 is 2.89 bits per heavy atom. The van der Waals surface area contributed by atoms with Crippen molar-refractivity contribution in [2.24, 2.45) is 0 Å². The fraction of sp³-hybridized carbons (Fsp3) is 0.385. The van der Waals surface area contributed by atoms with Gasteiger partial charge in [-0.05, 0) is 31.2 Å². The van der Waals surface area contributed by atoms with Crippen molar-refractivity contribution in [2.75, 3.05) is 20.1 Å². The van der Waals surface area contributed by atoms with E-state index in [1.165, 1.54) is 6.07 Å². The van der Waals surface area contributed by atoms with E-state index in [9.17, 15) is 9.18 Å². The lowest BCUT2D eigenvalue weighted by atomic mass is 10.1. The second-order valence-electron chi connectivity index (χ2n) is 4.11. The molecule has 0 saturated carbocycles. The van der Waals surface area contributed by atoms with Gasteiger partial charge in [0.25, 0.3) is 0 Å². The van der Waals surface area contributed by atoms with Gasteiger partial charge in [-0.1, -0.05) is 17.7 Å². The summed E-state index contributed by atoms with van der Waals surface area (Å²) >= 11 is 5.68. The summed E-state index contributed by atoms with van der Waals surface area (Å²) in [5.41, 5.74) is 0.918. The van der Waals surface area contributed by atoms with Crippen molar-refractivity contribution in [2.45, 2.75) is 12.8 Å². The number of carbonyl (C=O) groups excluding carboxylic acids is 1. The summed E-state index contributed by atoms with van der Waals surface area (Å²) in [6.07, 6.45) is 0.614. The first-order chi connectivity index (χ1) is 8.52. The van der Waals surface area contributed by atoms with E-state index in [4.69, 9.17) is 16.9 Å². The Morgan fingerprint density at radius 1 is 1.56 bits per heavy atom. The van der Waals surface area contributed by atoms with E-state index in [2.05, 4.69) is 0 Å². The largest absolute Gasteiger partial charge is 0.299 e. The van der Waals surface area contributed by atoms with Crippen LogP contribution in [-0.4, -0.2) is 30.8 Å². The number of nitriles is 1. The predicted molar refractivity (Wildman–Crippen MR) is 67.8 cm³/mol. The average Bonchev–Trinajstić information content (AvgIpc) is 2.31. The smallest absolute Gasteiger partial charge is 0.160 e. The quantitative estimate of drug-likeness (QED) is 0.796. The molecule has 0 radical (unpaired) electrons. The Morgan fingerprint density at radius 2 is 2.28 bits per heavy atom. The minimum atomic E-state index is -0.432. The molecule has 0 aliphatic carbocycles. The van der Waals surface area contributed by atoms with Crippen molar-refractivity contribution in [3.63, 3.8) is 0 Å². The van der Waals surface area contributed by atoms with E-state index >= 15 is 0 Å². The van der Waals surface area contributed by atoms with Gasteiger partial charge in [-0.15, -0.1) is 0 Å². The lowest BCUT2D eigenvalue weighted by molar-refractivity contribution is -0.118. The first kappa shape index (κ1) is 14.6. The maximum Gasteiger partial charge on any atom is 0.160 e. The maximum atomic E-state index is 12.9. The molecule has 1 rings (SSSR count). The van der Waals surface area contributed by atoms with Crippen LogP contribution in [0.25, 0.3) is 0 Å². The molecule has 1 aromatic carbocycles. The monoisotopic (exact) mass is 268 g/mol. The normalized spacial score (nSPS) is 10.4. The van der Waals surface area contributed by atoms with Crippen LogP contribution in [0.2, 0.25) is 5.02 Å². The lowest BCUT2D eigenvalue weighted by Crippen LogP contribution is -2.27. The molecule has 3 nitrogen and oxygen atoms in total. The molecule has 0 aliphatic rings. The van der Waals surface area contributed by atoms with Crippen molar-refractivity contribution >= 4 is 17.4 Å².